The minimum absolute atomic E-state index is 0.0313. The van der Waals surface area contributed by atoms with Crippen LogP contribution in [0.2, 0.25) is 0 Å². The summed E-state index contributed by atoms with van der Waals surface area (Å²) in [6.45, 7) is 5.95. The topological polar surface area (TPSA) is 15.3 Å². The summed E-state index contributed by atoms with van der Waals surface area (Å²) in [6.07, 6.45) is -2.83. The standard InChI is InChI=1S/C11H23F3N2/c1-10(2)16(3)9-5-4-7-15-8-6-11(12,13)14/h10,15H,4-9H2,1-3H3. The lowest BCUT2D eigenvalue weighted by molar-refractivity contribution is -0.133. The Morgan fingerprint density at radius 2 is 1.75 bits per heavy atom. The number of hydrogen-bond donors (Lipinski definition) is 1. The maximum Gasteiger partial charge on any atom is 0.390 e. The summed E-state index contributed by atoms with van der Waals surface area (Å²) in [4.78, 5) is 2.23. The maximum atomic E-state index is 11.8. The van der Waals surface area contributed by atoms with Crippen molar-refractivity contribution in [1.82, 2.24) is 10.2 Å². The largest absolute Gasteiger partial charge is 0.390 e. The van der Waals surface area contributed by atoms with Crippen LogP contribution in [-0.2, 0) is 0 Å². The zero-order valence-corrected chi connectivity index (χ0v) is 10.4. The van der Waals surface area contributed by atoms with E-state index in [2.05, 4.69) is 31.1 Å². The Morgan fingerprint density at radius 1 is 1.12 bits per heavy atom. The molecule has 16 heavy (non-hydrogen) atoms. The second kappa shape index (κ2) is 7.90. The van der Waals surface area contributed by atoms with Gasteiger partial charge in [-0.25, -0.2) is 0 Å². The van der Waals surface area contributed by atoms with Crippen LogP contribution in [0.5, 0.6) is 0 Å². The lowest BCUT2D eigenvalue weighted by atomic mass is 10.2. The molecule has 0 atom stereocenters. The first-order valence-electron chi connectivity index (χ1n) is 5.80. The van der Waals surface area contributed by atoms with Crippen LogP contribution < -0.4 is 5.32 Å². The van der Waals surface area contributed by atoms with Gasteiger partial charge in [-0.3, -0.25) is 0 Å². The molecule has 2 nitrogen and oxygen atoms in total. The van der Waals surface area contributed by atoms with Crippen molar-refractivity contribution < 1.29 is 13.2 Å². The minimum Gasteiger partial charge on any atom is -0.316 e. The average Bonchev–Trinajstić information content (AvgIpc) is 2.14. The van der Waals surface area contributed by atoms with Crippen molar-refractivity contribution in [2.24, 2.45) is 0 Å². The summed E-state index contributed by atoms with van der Waals surface area (Å²) in [5, 5.41) is 2.81. The number of halogens is 3. The van der Waals surface area contributed by atoms with Gasteiger partial charge in [0, 0.05) is 12.6 Å². The second-order valence-corrected chi connectivity index (χ2v) is 4.40. The highest BCUT2D eigenvalue weighted by Crippen LogP contribution is 2.17. The molecule has 0 aliphatic rings. The molecular weight excluding hydrogens is 217 g/mol. The van der Waals surface area contributed by atoms with Gasteiger partial charge in [0.15, 0.2) is 0 Å². The zero-order valence-electron chi connectivity index (χ0n) is 10.4. The SMILES string of the molecule is CC(C)N(C)CCCCNCCC(F)(F)F. The van der Waals surface area contributed by atoms with Crippen LogP contribution in [0, 0.1) is 0 Å². The van der Waals surface area contributed by atoms with E-state index in [1.165, 1.54) is 0 Å². The van der Waals surface area contributed by atoms with E-state index < -0.39 is 12.6 Å². The molecular formula is C11H23F3N2. The van der Waals surface area contributed by atoms with E-state index in [0.29, 0.717) is 12.6 Å². The lowest BCUT2D eigenvalue weighted by Crippen LogP contribution is -2.28. The van der Waals surface area contributed by atoms with Gasteiger partial charge < -0.3 is 10.2 Å². The van der Waals surface area contributed by atoms with E-state index in [-0.39, 0.29) is 6.54 Å². The predicted molar refractivity (Wildman–Crippen MR) is 60.5 cm³/mol. The number of hydrogen-bond acceptors (Lipinski definition) is 2. The molecule has 0 saturated carbocycles. The van der Waals surface area contributed by atoms with Crippen LogP contribution in [0.3, 0.4) is 0 Å². The van der Waals surface area contributed by atoms with Crippen LogP contribution in [0.4, 0.5) is 13.2 Å². The minimum atomic E-state index is -4.04. The Hall–Kier alpha value is -0.290. The average molecular weight is 240 g/mol. The molecule has 0 aliphatic carbocycles. The Morgan fingerprint density at radius 3 is 2.25 bits per heavy atom. The molecule has 0 fully saturated rings. The molecule has 0 rings (SSSR count). The van der Waals surface area contributed by atoms with E-state index in [9.17, 15) is 13.2 Å². The quantitative estimate of drug-likeness (QED) is 0.656. The van der Waals surface area contributed by atoms with Crippen LogP contribution in [0.25, 0.3) is 0 Å². The molecule has 0 spiro atoms. The van der Waals surface area contributed by atoms with Crippen molar-refractivity contribution in [3.05, 3.63) is 0 Å². The van der Waals surface area contributed by atoms with E-state index >= 15 is 0 Å². The third-order valence-corrected chi connectivity index (χ3v) is 2.58. The van der Waals surface area contributed by atoms with Gasteiger partial charge in [-0.1, -0.05) is 0 Å². The van der Waals surface area contributed by atoms with Gasteiger partial charge in [-0.15, -0.1) is 0 Å². The molecule has 0 radical (unpaired) electrons. The van der Waals surface area contributed by atoms with E-state index in [1.807, 2.05) is 0 Å². The normalized spacial score (nSPS) is 12.8. The van der Waals surface area contributed by atoms with Gasteiger partial charge in [0.25, 0.3) is 0 Å². The monoisotopic (exact) mass is 240 g/mol. The van der Waals surface area contributed by atoms with Gasteiger partial charge in [-0.2, -0.15) is 13.2 Å². The number of nitrogens with one attached hydrogen (secondary N) is 1. The summed E-state index contributed by atoms with van der Waals surface area (Å²) >= 11 is 0. The van der Waals surface area contributed by atoms with Crippen molar-refractivity contribution in [2.45, 2.75) is 45.3 Å². The summed E-state index contributed by atoms with van der Waals surface area (Å²) in [5.74, 6) is 0. The Kier molecular flexibility index (Phi) is 7.76. The number of alkyl halides is 3. The summed E-state index contributed by atoms with van der Waals surface area (Å²) in [7, 11) is 2.06. The maximum absolute atomic E-state index is 11.8. The third kappa shape index (κ3) is 10.2. The first-order chi connectivity index (χ1) is 7.33. The third-order valence-electron chi connectivity index (χ3n) is 2.58. The second-order valence-electron chi connectivity index (χ2n) is 4.40. The van der Waals surface area contributed by atoms with Gasteiger partial charge in [0.2, 0.25) is 0 Å². The molecule has 0 amide bonds. The summed E-state index contributed by atoms with van der Waals surface area (Å²) in [5.41, 5.74) is 0. The molecule has 0 aromatic carbocycles. The first kappa shape index (κ1) is 15.7. The first-order valence-corrected chi connectivity index (χ1v) is 5.80. The fourth-order valence-corrected chi connectivity index (χ4v) is 1.22. The molecule has 0 unspecified atom stereocenters. The smallest absolute Gasteiger partial charge is 0.316 e. The molecule has 1 N–H and O–H groups in total. The molecule has 0 aromatic heterocycles. The molecule has 0 heterocycles. The molecule has 0 aromatic rings. The zero-order chi connectivity index (χ0) is 12.6. The molecule has 0 aliphatic heterocycles. The van der Waals surface area contributed by atoms with E-state index in [1.54, 1.807) is 0 Å². The number of nitrogens with zero attached hydrogens (tertiary/aromatic N) is 1. The summed E-state index contributed by atoms with van der Waals surface area (Å²) in [6, 6.07) is 0.526. The lowest BCUT2D eigenvalue weighted by Gasteiger charge is -2.20. The van der Waals surface area contributed by atoms with Crippen LogP contribution in [0.1, 0.15) is 33.1 Å². The Bertz CT molecular complexity index is 169. The fourth-order valence-electron chi connectivity index (χ4n) is 1.22. The predicted octanol–water partition coefficient (Wildman–Crippen LogP) is 2.65. The molecule has 98 valence electrons. The highest BCUT2D eigenvalue weighted by atomic mass is 19.4. The van der Waals surface area contributed by atoms with Gasteiger partial charge in [-0.05, 0) is 46.8 Å². The van der Waals surface area contributed by atoms with Gasteiger partial charge >= 0.3 is 6.18 Å². The highest BCUT2D eigenvalue weighted by Gasteiger charge is 2.25. The van der Waals surface area contributed by atoms with Crippen LogP contribution in [0.15, 0.2) is 0 Å². The van der Waals surface area contributed by atoms with Gasteiger partial charge in [0.1, 0.15) is 0 Å². The van der Waals surface area contributed by atoms with Crippen molar-refractivity contribution in [2.75, 3.05) is 26.7 Å². The van der Waals surface area contributed by atoms with Crippen molar-refractivity contribution in [1.29, 1.82) is 0 Å². The Balaban J connectivity index is 3.22. The van der Waals surface area contributed by atoms with Crippen LogP contribution in [-0.4, -0.2) is 43.8 Å². The van der Waals surface area contributed by atoms with Crippen LogP contribution >= 0.6 is 0 Å². The van der Waals surface area contributed by atoms with Crippen molar-refractivity contribution in [3.63, 3.8) is 0 Å². The Labute approximate surface area is 96.2 Å². The van der Waals surface area contributed by atoms with Crippen molar-refractivity contribution >= 4 is 0 Å². The number of rotatable bonds is 8. The molecule has 5 heteroatoms. The molecule has 0 bridgehead atoms. The van der Waals surface area contributed by atoms with E-state index in [4.69, 9.17) is 0 Å². The fraction of sp³-hybridized carbons (Fsp3) is 1.00. The van der Waals surface area contributed by atoms with E-state index in [0.717, 1.165) is 19.4 Å². The highest BCUT2D eigenvalue weighted by molar-refractivity contribution is 4.58. The van der Waals surface area contributed by atoms with Crippen molar-refractivity contribution in [3.8, 4) is 0 Å². The summed E-state index contributed by atoms with van der Waals surface area (Å²) < 4.78 is 35.3. The van der Waals surface area contributed by atoms with Gasteiger partial charge in [0.05, 0.1) is 6.42 Å². The number of unbranched alkanes of at least 4 members (excludes halogenated alkanes) is 1. The molecule has 0 saturated heterocycles.